The molecule has 2 aliphatic heterocycles. The summed E-state index contributed by atoms with van der Waals surface area (Å²) in [7, 11) is 0. The molecular formula is C47H51FN4O11S. The number of amides is 5. The van der Waals surface area contributed by atoms with E-state index in [-0.39, 0.29) is 31.6 Å². The topological polar surface area (TPSA) is 218 Å². The third-order valence-electron chi connectivity index (χ3n) is 14.4. The summed E-state index contributed by atoms with van der Waals surface area (Å²) in [5, 5.41) is 30.0. The smallest absolute Gasteiger partial charge is 0.253 e. The van der Waals surface area contributed by atoms with Crippen LogP contribution in [0.15, 0.2) is 94.3 Å². The normalized spacial score (nSPS) is 33.4. The molecule has 0 bridgehead atoms. The molecule has 4 fully saturated rings. The number of halogens is 1. The first-order valence-electron chi connectivity index (χ1n) is 21.4. The highest BCUT2D eigenvalue weighted by atomic mass is 32.2. The third-order valence-corrected chi connectivity index (χ3v) is 15.4. The number of fused-ring (bicyclic) bond motifs is 7. The lowest BCUT2D eigenvalue weighted by Gasteiger charge is -2.62. The van der Waals surface area contributed by atoms with Gasteiger partial charge in [-0.05, 0) is 94.9 Å². The zero-order valence-electron chi connectivity index (χ0n) is 35.8. The maximum absolute atomic E-state index is 17.7. The Morgan fingerprint density at radius 2 is 1.64 bits per heavy atom. The van der Waals surface area contributed by atoms with Gasteiger partial charge in [-0.15, -0.1) is 0 Å². The van der Waals surface area contributed by atoms with Crippen LogP contribution >= 0.6 is 11.8 Å². The standard InChI is InChI=1S/C47H51FN4O11S/c1-25(49-38(57)17-19-52-39(58)14-15-40(52)59)41(60)50-26(2)42(61)51-29-6-5-7-32(21-29)64-31-11-8-27(9-12-31)43-62-37-22-34-33-13-10-28-20-30(54)16-18-44(28,3)46(33,48)35(55)23-45(34,4)47(37,63-43)36(56)24-53/h5-9,11-12,14-16,18,20-21,25-26,33-35,37,43,53,55H,10,13,17,19,22-24H2,1-4H3,(H,49,57)(H,50,60)(H,51,61)/t25-,26-,33-,34-,35-,37+,43+,44-,45-,46-,47+/m0/s1. The zero-order valence-corrected chi connectivity index (χ0v) is 36.6. The molecule has 0 unspecified atom stereocenters. The van der Waals surface area contributed by atoms with Crippen LogP contribution in [0.1, 0.15) is 71.7 Å². The zero-order chi connectivity index (χ0) is 45.9. The van der Waals surface area contributed by atoms with Gasteiger partial charge in [-0.1, -0.05) is 48.5 Å². The van der Waals surface area contributed by atoms with E-state index < -0.39 is 106 Å². The molecule has 1 saturated heterocycles. The van der Waals surface area contributed by atoms with Gasteiger partial charge in [0.15, 0.2) is 29.1 Å². The fraction of sp³-hybridized carbons (Fsp3) is 0.468. The number of aliphatic hydroxyl groups excluding tert-OH is 2. The average molecular weight is 899 g/mol. The summed E-state index contributed by atoms with van der Waals surface area (Å²) in [5.74, 6) is -4.54. The lowest BCUT2D eigenvalue weighted by Crippen LogP contribution is -2.69. The van der Waals surface area contributed by atoms with Gasteiger partial charge in [-0.2, -0.15) is 0 Å². The summed E-state index contributed by atoms with van der Waals surface area (Å²) in [5.41, 5.74) is -4.26. The van der Waals surface area contributed by atoms with Crippen LogP contribution in [0.3, 0.4) is 0 Å². The van der Waals surface area contributed by atoms with Gasteiger partial charge < -0.3 is 35.6 Å². The van der Waals surface area contributed by atoms with E-state index in [2.05, 4.69) is 16.0 Å². The highest BCUT2D eigenvalue weighted by molar-refractivity contribution is 7.99. The number of nitrogens with zero attached hydrogens (tertiary/aromatic N) is 1. The van der Waals surface area contributed by atoms with Gasteiger partial charge in [-0.25, -0.2) is 4.39 Å². The van der Waals surface area contributed by atoms with Crippen molar-refractivity contribution in [3.05, 3.63) is 90.0 Å². The Labute approximate surface area is 373 Å². The molecule has 8 rings (SSSR count). The van der Waals surface area contributed by atoms with Gasteiger partial charge in [0.25, 0.3) is 11.8 Å². The number of aliphatic hydroxyl groups is 2. The van der Waals surface area contributed by atoms with Crippen molar-refractivity contribution >= 4 is 58.6 Å². The number of carbonyl (C=O) groups is 7. The van der Waals surface area contributed by atoms with E-state index in [0.29, 0.717) is 29.7 Å². The molecule has 2 heterocycles. The van der Waals surface area contributed by atoms with Gasteiger partial charge in [0, 0.05) is 62.9 Å². The molecule has 338 valence electrons. The van der Waals surface area contributed by atoms with Crippen LogP contribution < -0.4 is 16.0 Å². The number of hydrogen-bond acceptors (Lipinski definition) is 12. The van der Waals surface area contributed by atoms with Crippen molar-refractivity contribution < 1.29 is 57.6 Å². The quantitative estimate of drug-likeness (QED) is 0.182. The molecule has 0 aromatic heterocycles. The molecule has 0 spiro atoms. The molecule has 64 heavy (non-hydrogen) atoms. The van der Waals surface area contributed by atoms with Crippen molar-refractivity contribution in [3.63, 3.8) is 0 Å². The summed E-state index contributed by atoms with van der Waals surface area (Å²) in [6, 6.07) is 12.5. The lowest BCUT2D eigenvalue weighted by atomic mass is 9.44. The number of nitrogens with one attached hydrogen (secondary N) is 3. The number of anilines is 1. The summed E-state index contributed by atoms with van der Waals surface area (Å²) >= 11 is 1.41. The molecule has 2 aromatic rings. The van der Waals surface area contributed by atoms with Crippen molar-refractivity contribution in [2.24, 2.45) is 22.7 Å². The van der Waals surface area contributed by atoms with Crippen molar-refractivity contribution in [2.75, 3.05) is 18.5 Å². The predicted octanol–water partition coefficient (Wildman–Crippen LogP) is 3.80. The van der Waals surface area contributed by atoms with Gasteiger partial charge in [0.05, 0.1) is 12.2 Å². The molecule has 5 amide bonds. The Kier molecular flexibility index (Phi) is 12.0. The number of allylic oxidation sites excluding steroid dienone is 4. The molecule has 2 aromatic carbocycles. The minimum Gasteiger partial charge on any atom is -0.390 e. The maximum atomic E-state index is 17.7. The molecule has 11 atom stereocenters. The number of rotatable bonds is 13. The number of benzene rings is 2. The third kappa shape index (κ3) is 7.44. The number of hydrogen-bond donors (Lipinski definition) is 5. The lowest BCUT2D eigenvalue weighted by molar-refractivity contribution is -0.231. The Bertz CT molecular complexity index is 2390. The van der Waals surface area contributed by atoms with Crippen LogP contribution in [-0.2, 0) is 43.0 Å². The Balaban J connectivity index is 0.879. The van der Waals surface area contributed by atoms with Crippen LogP contribution in [-0.4, -0.2) is 105 Å². The second kappa shape index (κ2) is 16.9. The van der Waals surface area contributed by atoms with Crippen LogP contribution in [0.2, 0.25) is 0 Å². The first kappa shape index (κ1) is 45.2. The second-order valence-corrected chi connectivity index (χ2v) is 19.2. The minimum absolute atomic E-state index is 0.107. The number of ketones is 2. The van der Waals surface area contributed by atoms with Crippen molar-refractivity contribution in [1.29, 1.82) is 0 Å². The number of imide groups is 1. The van der Waals surface area contributed by atoms with Crippen molar-refractivity contribution in [1.82, 2.24) is 15.5 Å². The molecule has 6 aliphatic rings. The van der Waals surface area contributed by atoms with Crippen molar-refractivity contribution in [3.8, 4) is 0 Å². The monoisotopic (exact) mass is 898 g/mol. The fourth-order valence-electron chi connectivity index (χ4n) is 11.1. The number of ether oxygens (including phenoxy) is 2. The molecular weight excluding hydrogens is 848 g/mol. The predicted molar refractivity (Wildman–Crippen MR) is 229 cm³/mol. The fourth-order valence-corrected chi connectivity index (χ4v) is 12.0. The summed E-state index contributed by atoms with van der Waals surface area (Å²) in [6.07, 6.45) is 4.23. The van der Waals surface area contributed by atoms with E-state index in [4.69, 9.17) is 9.47 Å². The molecule has 5 N–H and O–H groups in total. The number of alkyl halides is 1. The Morgan fingerprint density at radius 3 is 2.34 bits per heavy atom. The van der Waals surface area contributed by atoms with Gasteiger partial charge in [0.2, 0.25) is 17.7 Å². The average Bonchev–Trinajstić information content (AvgIpc) is 3.88. The first-order chi connectivity index (χ1) is 30.3. The Hall–Kier alpha value is -5.33. The van der Waals surface area contributed by atoms with Gasteiger partial charge in [0.1, 0.15) is 18.7 Å². The van der Waals surface area contributed by atoms with Gasteiger partial charge in [-0.3, -0.25) is 38.5 Å². The van der Waals surface area contributed by atoms with Crippen LogP contribution in [0, 0.1) is 22.7 Å². The van der Waals surface area contributed by atoms with E-state index >= 15 is 4.39 Å². The molecule has 15 nitrogen and oxygen atoms in total. The van der Waals surface area contributed by atoms with Crippen LogP contribution in [0.4, 0.5) is 10.1 Å². The highest BCUT2D eigenvalue weighted by Crippen LogP contribution is 2.72. The largest absolute Gasteiger partial charge is 0.390 e. The number of carbonyl (C=O) groups excluding carboxylic acids is 7. The molecule has 17 heteroatoms. The molecule has 3 saturated carbocycles. The maximum Gasteiger partial charge on any atom is 0.253 e. The molecule has 0 radical (unpaired) electrons. The summed E-state index contributed by atoms with van der Waals surface area (Å²) < 4.78 is 30.9. The highest BCUT2D eigenvalue weighted by Gasteiger charge is 2.79. The SMILES string of the molecule is C[C@H](NC(=O)CCN1C(=O)C=CC1=O)C(=O)N[C@@H](C)C(=O)Nc1cccc(Sc2ccc([C@@H]3O[C@@H]4C[C@H]5[C@@H]6CCC7=CC(=O)C=C[C@]7(C)[C@@]6(F)[C@@H](O)C[C@]5(C)[C@]4(C(=O)CO)O3)cc2)c1. The van der Waals surface area contributed by atoms with E-state index in [0.717, 1.165) is 26.8 Å². The van der Waals surface area contributed by atoms with E-state index in [1.54, 1.807) is 31.2 Å². The summed E-state index contributed by atoms with van der Waals surface area (Å²) in [6.45, 7) is 5.58. The number of Topliss-reactive ketones (excluding diaryl/α,β-unsaturated/α-hetero) is 1. The van der Waals surface area contributed by atoms with E-state index in [1.165, 1.54) is 37.8 Å². The summed E-state index contributed by atoms with van der Waals surface area (Å²) in [4.78, 5) is 90.3. The molecule has 4 aliphatic carbocycles. The minimum atomic E-state index is -2.10. The first-order valence-corrected chi connectivity index (χ1v) is 22.3. The van der Waals surface area contributed by atoms with Crippen molar-refractivity contribution in [2.45, 2.75) is 111 Å². The van der Waals surface area contributed by atoms with E-state index in [9.17, 15) is 43.8 Å². The Morgan fingerprint density at radius 1 is 0.938 bits per heavy atom. The van der Waals surface area contributed by atoms with E-state index in [1.807, 2.05) is 37.3 Å². The van der Waals surface area contributed by atoms with Gasteiger partial charge >= 0.3 is 0 Å². The second-order valence-electron chi connectivity index (χ2n) is 18.0. The van der Waals surface area contributed by atoms with Crippen LogP contribution in [0.5, 0.6) is 0 Å². The van der Waals surface area contributed by atoms with Crippen LogP contribution in [0.25, 0.3) is 0 Å².